The van der Waals surface area contributed by atoms with E-state index in [0.29, 0.717) is 41.5 Å². The molecule has 0 bridgehead atoms. The summed E-state index contributed by atoms with van der Waals surface area (Å²) in [5.41, 5.74) is 0.984. The van der Waals surface area contributed by atoms with Crippen molar-refractivity contribution >= 4 is 40.9 Å². The molecule has 1 fully saturated rings. The Morgan fingerprint density at radius 3 is 2.52 bits per heavy atom. The molecule has 2 amide bonds. The molecule has 2 aliphatic heterocycles. The summed E-state index contributed by atoms with van der Waals surface area (Å²) in [5.74, 6) is -1.03. The van der Waals surface area contributed by atoms with E-state index in [0.717, 1.165) is 0 Å². The molecule has 1 atom stereocenters. The minimum Gasteiger partial charge on any atom is -0.399 e. The molecule has 1 aromatic carbocycles. The zero-order valence-electron chi connectivity index (χ0n) is 24.2. The Morgan fingerprint density at radius 1 is 1.20 bits per heavy atom. The number of rotatable bonds is 6. The van der Waals surface area contributed by atoms with Crippen molar-refractivity contribution < 1.29 is 23.3 Å². The molecule has 3 aromatic rings. The number of nitrogens with one attached hydrogen (secondary N) is 1. The predicted octanol–water partition coefficient (Wildman–Crippen LogP) is 3.46. The SMILES string of the molecule is C[C@H](Cn1cccn1)C(=O)N1CCC=C(c2cc(B3OC(C)(C)C(C)(C)O3)c3cc(C(=O)N(C)C)[nH]c3c2F)C1. The molecule has 9 nitrogen and oxygen atoms in total. The molecular weight excluding hydrogens is 512 g/mol. The fourth-order valence-electron chi connectivity index (χ4n) is 5.25. The summed E-state index contributed by atoms with van der Waals surface area (Å²) in [6.45, 7) is 11.0. The van der Waals surface area contributed by atoms with E-state index in [9.17, 15) is 9.59 Å². The predicted molar refractivity (Wildman–Crippen MR) is 153 cm³/mol. The smallest absolute Gasteiger partial charge is 0.399 e. The number of hydrogen-bond acceptors (Lipinski definition) is 5. The van der Waals surface area contributed by atoms with Gasteiger partial charge in [-0.15, -0.1) is 0 Å². The van der Waals surface area contributed by atoms with E-state index >= 15 is 4.39 Å². The Labute approximate surface area is 234 Å². The summed E-state index contributed by atoms with van der Waals surface area (Å²) in [6, 6.07) is 5.24. The molecule has 0 aliphatic carbocycles. The number of carbonyl (C=O) groups is 2. The van der Waals surface area contributed by atoms with Gasteiger partial charge in [-0.2, -0.15) is 5.10 Å². The van der Waals surface area contributed by atoms with Gasteiger partial charge in [0.1, 0.15) is 5.69 Å². The van der Waals surface area contributed by atoms with Crippen LogP contribution in [0.2, 0.25) is 0 Å². The van der Waals surface area contributed by atoms with Gasteiger partial charge in [-0.3, -0.25) is 14.3 Å². The van der Waals surface area contributed by atoms with Gasteiger partial charge < -0.3 is 24.1 Å². The molecule has 4 heterocycles. The van der Waals surface area contributed by atoms with Crippen LogP contribution in [0.25, 0.3) is 16.5 Å². The Hall–Kier alpha value is -3.44. The number of amides is 2. The molecule has 0 saturated carbocycles. The van der Waals surface area contributed by atoms with Gasteiger partial charge in [0.2, 0.25) is 5.91 Å². The van der Waals surface area contributed by atoms with E-state index in [1.165, 1.54) is 4.90 Å². The molecule has 40 heavy (non-hydrogen) atoms. The maximum absolute atomic E-state index is 16.2. The molecule has 1 saturated heterocycles. The third kappa shape index (κ3) is 4.96. The fraction of sp³-hybridized carbons (Fsp3) is 0.483. The first kappa shape index (κ1) is 28.1. The zero-order valence-corrected chi connectivity index (χ0v) is 24.2. The largest absolute Gasteiger partial charge is 0.495 e. The summed E-state index contributed by atoms with van der Waals surface area (Å²) >= 11 is 0. The van der Waals surface area contributed by atoms with Gasteiger partial charge in [0.25, 0.3) is 5.91 Å². The van der Waals surface area contributed by atoms with Crippen molar-refractivity contribution in [1.82, 2.24) is 24.6 Å². The van der Waals surface area contributed by atoms with Crippen LogP contribution in [0, 0.1) is 11.7 Å². The van der Waals surface area contributed by atoms with Crippen LogP contribution >= 0.6 is 0 Å². The second-order valence-corrected chi connectivity index (χ2v) is 12.0. The topological polar surface area (TPSA) is 92.7 Å². The highest BCUT2D eigenvalue weighted by molar-refractivity contribution is 6.65. The van der Waals surface area contributed by atoms with Gasteiger partial charge >= 0.3 is 7.12 Å². The minimum absolute atomic E-state index is 0.00694. The van der Waals surface area contributed by atoms with E-state index in [2.05, 4.69) is 10.1 Å². The summed E-state index contributed by atoms with van der Waals surface area (Å²) < 4.78 is 30.7. The van der Waals surface area contributed by atoms with Crippen molar-refractivity contribution in [2.24, 2.45) is 5.92 Å². The lowest BCUT2D eigenvalue weighted by Crippen LogP contribution is -2.41. The van der Waals surface area contributed by atoms with Crippen LogP contribution in [0.15, 0.2) is 36.7 Å². The van der Waals surface area contributed by atoms with E-state index in [1.807, 2.05) is 53.0 Å². The molecule has 1 N–H and O–H groups in total. The van der Waals surface area contributed by atoms with Crippen LogP contribution in [0.4, 0.5) is 4.39 Å². The minimum atomic E-state index is -0.763. The highest BCUT2D eigenvalue weighted by atomic mass is 19.1. The van der Waals surface area contributed by atoms with Crippen molar-refractivity contribution in [2.45, 2.75) is 58.8 Å². The molecule has 0 unspecified atom stereocenters. The Bertz CT molecular complexity index is 1460. The number of carbonyl (C=O) groups excluding carboxylic acids is 2. The van der Waals surface area contributed by atoms with Gasteiger partial charge in [-0.05, 0) is 57.3 Å². The third-order valence-corrected chi connectivity index (χ3v) is 8.28. The van der Waals surface area contributed by atoms with Crippen LogP contribution in [0.5, 0.6) is 0 Å². The zero-order chi connectivity index (χ0) is 29.0. The van der Waals surface area contributed by atoms with Gasteiger partial charge in [-0.1, -0.05) is 19.1 Å². The number of fused-ring (bicyclic) bond motifs is 1. The van der Waals surface area contributed by atoms with Crippen molar-refractivity contribution in [1.29, 1.82) is 0 Å². The van der Waals surface area contributed by atoms with Crippen LogP contribution in [-0.2, 0) is 20.6 Å². The first-order valence-electron chi connectivity index (χ1n) is 13.7. The second kappa shape index (κ2) is 10.2. The maximum atomic E-state index is 16.2. The van der Waals surface area contributed by atoms with Crippen LogP contribution in [0.1, 0.15) is 57.1 Å². The molecular formula is C29H37BFN5O4. The van der Waals surface area contributed by atoms with Gasteiger partial charge in [0.15, 0.2) is 5.82 Å². The average molecular weight is 549 g/mol. The lowest BCUT2D eigenvalue weighted by atomic mass is 9.75. The summed E-state index contributed by atoms with van der Waals surface area (Å²) in [4.78, 5) is 32.4. The first-order valence-corrected chi connectivity index (χ1v) is 13.7. The van der Waals surface area contributed by atoms with Gasteiger partial charge in [0.05, 0.1) is 29.2 Å². The first-order chi connectivity index (χ1) is 18.8. The van der Waals surface area contributed by atoms with Crippen molar-refractivity contribution in [3.05, 3.63) is 53.7 Å². The van der Waals surface area contributed by atoms with Gasteiger partial charge in [0, 0.05) is 50.5 Å². The van der Waals surface area contributed by atoms with Gasteiger partial charge in [-0.25, -0.2) is 4.39 Å². The lowest BCUT2D eigenvalue weighted by molar-refractivity contribution is -0.135. The highest BCUT2D eigenvalue weighted by Crippen LogP contribution is 2.38. The number of hydrogen-bond donors (Lipinski definition) is 1. The Kier molecular flexibility index (Phi) is 7.16. The number of benzene rings is 1. The third-order valence-electron chi connectivity index (χ3n) is 8.28. The number of aromatic nitrogens is 3. The summed E-state index contributed by atoms with van der Waals surface area (Å²) in [6.07, 6.45) is 6.11. The lowest BCUT2D eigenvalue weighted by Gasteiger charge is -2.32. The fourth-order valence-corrected chi connectivity index (χ4v) is 5.25. The monoisotopic (exact) mass is 549 g/mol. The van der Waals surface area contributed by atoms with E-state index in [4.69, 9.17) is 9.31 Å². The quantitative estimate of drug-likeness (QED) is 0.476. The average Bonchev–Trinajstić information content (AvgIpc) is 3.62. The van der Waals surface area contributed by atoms with Crippen molar-refractivity contribution in [3.63, 3.8) is 0 Å². The van der Waals surface area contributed by atoms with Crippen LogP contribution in [0.3, 0.4) is 0 Å². The number of aromatic amines is 1. The van der Waals surface area contributed by atoms with E-state index in [-0.39, 0.29) is 35.5 Å². The number of halogens is 1. The molecule has 212 valence electrons. The maximum Gasteiger partial charge on any atom is 0.495 e. The van der Waals surface area contributed by atoms with Crippen LogP contribution in [-0.4, -0.2) is 81.9 Å². The summed E-state index contributed by atoms with van der Waals surface area (Å²) in [5, 5.41) is 4.74. The number of nitrogens with zero attached hydrogens (tertiary/aromatic N) is 4. The standard InChI is InChI=1S/C29H37BFN5O4/c1-18(16-36-13-9-11-32-36)26(37)35-12-8-10-19(17-35)20-14-22(30-39-28(2,3)29(4,5)40-30)21-15-23(27(38)34(6)7)33-25(21)24(20)31/h9-11,13-15,18,33H,8,12,16-17H2,1-7H3/t18-/m1/s1. The molecule has 0 radical (unpaired) electrons. The number of H-pyrrole nitrogens is 1. The molecule has 2 aliphatic rings. The van der Waals surface area contributed by atoms with Crippen molar-refractivity contribution in [3.8, 4) is 0 Å². The Morgan fingerprint density at radius 2 is 1.90 bits per heavy atom. The van der Waals surface area contributed by atoms with Crippen LogP contribution < -0.4 is 5.46 Å². The highest BCUT2D eigenvalue weighted by Gasteiger charge is 2.52. The molecule has 5 rings (SSSR count). The molecule has 11 heteroatoms. The van der Waals surface area contributed by atoms with E-state index in [1.54, 1.807) is 42.0 Å². The second-order valence-electron chi connectivity index (χ2n) is 12.0. The van der Waals surface area contributed by atoms with Crippen molar-refractivity contribution in [2.75, 3.05) is 27.2 Å². The normalized spacial score (nSPS) is 19.1. The molecule has 0 spiro atoms. The Balaban J connectivity index is 1.53. The van der Waals surface area contributed by atoms with E-state index < -0.39 is 24.1 Å². The summed E-state index contributed by atoms with van der Waals surface area (Å²) in [7, 11) is 2.54. The molecule has 2 aromatic heterocycles.